The first kappa shape index (κ1) is 18.4. The zero-order valence-electron chi connectivity index (χ0n) is 15.5. The van der Waals surface area contributed by atoms with Crippen LogP contribution in [0.1, 0.15) is 52.4 Å². The van der Waals surface area contributed by atoms with Gasteiger partial charge in [-0.1, -0.05) is 6.92 Å². The number of Topliss-reactive ketones (excluding diaryl/α,β-unsaturated/α-hetero) is 1. The number of aliphatic hydroxyl groups is 3. The van der Waals surface area contributed by atoms with Crippen LogP contribution >= 0.6 is 0 Å². The average Bonchev–Trinajstić information content (AvgIpc) is 2.81. The molecule has 6 heteroatoms. The molecule has 4 aliphatic rings. The van der Waals surface area contributed by atoms with Crippen LogP contribution in [0.5, 0.6) is 0 Å². The van der Waals surface area contributed by atoms with Gasteiger partial charge < -0.3 is 20.4 Å². The Morgan fingerprint density at radius 2 is 1.81 bits per heavy atom. The molecule has 4 aliphatic carbocycles. The van der Waals surface area contributed by atoms with Crippen LogP contribution in [0, 0.1) is 39.9 Å². The second kappa shape index (κ2) is 5.52. The van der Waals surface area contributed by atoms with Gasteiger partial charge in [-0.3, -0.25) is 9.59 Å². The summed E-state index contributed by atoms with van der Waals surface area (Å²) in [4.78, 5) is 25.4. The summed E-state index contributed by atoms with van der Waals surface area (Å²) >= 11 is 0. The van der Waals surface area contributed by atoms with E-state index in [4.69, 9.17) is 0 Å². The summed E-state index contributed by atoms with van der Waals surface area (Å²) in [5, 5.41) is 41.8. The summed E-state index contributed by atoms with van der Waals surface area (Å²) in [6.45, 7) is 3.48. The number of ketones is 1. The molecule has 4 N–H and O–H groups in total. The summed E-state index contributed by atoms with van der Waals surface area (Å²) < 4.78 is 0. The molecule has 6 nitrogen and oxygen atoms in total. The molecule has 2 bridgehead atoms. The van der Waals surface area contributed by atoms with E-state index in [1.165, 1.54) is 0 Å². The lowest BCUT2D eigenvalue weighted by Gasteiger charge is -2.65. The molecular formula is C20H30O6. The smallest absolute Gasteiger partial charge is 0.309 e. The highest BCUT2D eigenvalue weighted by atomic mass is 16.4. The molecule has 0 aliphatic heterocycles. The van der Waals surface area contributed by atoms with Crippen LogP contribution in [0.25, 0.3) is 0 Å². The number of carbonyl (C=O) groups excluding carboxylic acids is 1. The van der Waals surface area contributed by atoms with Crippen molar-refractivity contribution in [3.63, 3.8) is 0 Å². The van der Waals surface area contributed by atoms with E-state index in [9.17, 15) is 30.0 Å². The van der Waals surface area contributed by atoms with Gasteiger partial charge in [-0.25, -0.2) is 0 Å². The van der Waals surface area contributed by atoms with Crippen molar-refractivity contribution < 1.29 is 30.0 Å². The van der Waals surface area contributed by atoms with Crippen LogP contribution in [0.2, 0.25) is 0 Å². The maximum Gasteiger partial charge on any atom is 0.309 e. The third kappa shape index (κ3) is 1.88. The summed E-state index contributed by atoms with van der Waals surface area (Å²) in [6, 6.07) is 0. The zero-order chi connectivity index (χ0) is 19.1. The number of carboxylic acids is 1. The first-order valence-electron chi connectivity index (χ1n) is 9.88. The van der Waals surface area contributed by atoms with Crippen molar-refractivity contribution in [2.75, 3.05) is 6.61 Å². The fourth-order valence-corrected chi connectivity index (χ4v) is 7.64. The molecule has 0 saturated heterocycles. The van der Waals surface area contributed by atoms with Crippen LogP contribution in [0.15, 0.2) is 0 Å². The van der Waals surface area contributed by atoms with Gasteiger partial charge in [0.05, 0.1) is 29.6 Å². The van der Waals surface area contributed by atoms with E-state index < -0.39 is 40.3 Å². The maximum absolute atomic E-state index is 13.3. The van der Waals surface area contributed by atoms with Gasteiger partial charge in [-0.05, 0) is 63.2 Å². The minimum atomic E-state index is -1.01. The Balaban J connectivity index is 1.85. The highest BCUT2D eigenvalue weighted by Crippen LogP contribution is 2.71. The largest absolute Gasteiger partial charge is 0.481 e. The minimum absolute atomic E-state index is 0.0607. The number of rotatable bonds is 2. The van der Waals surface area contributed by atoms with Gasteiger partial charge in [-0.15, -0.1) is 0 Å². The van der Waals surface area contributed by atoms with E-state index in [1.54, 1.807) is 6.92 Å². The molecule has 4 rings (SSSR count). The first-order valence-corrected chi connectivity index (χ1v) is 9.88. The fraction of sp³-hybridized carbons (Fsp3) is 0.900. The minimum Gasteiger partial charge on any atom is -0.481 e. The Morgan fingerprint density at radius 3 is 2.42 bits per heavy atom. The van der Waals surface area contributed by atoms with E-state index in [-0.39, 0.29) is 36.6 Å². The van der Waals surface area contributed by atoms with E-state index in [2.05, 4.69) is 0 Å². The van der Waals surface area contributed by atoms with Crippen molar-refractivity contribution in [2.24, 2.45) is 39.9 Å². The second-order valence-corrected chi connectivity index (χ2v) is 9.74. The molecule has 0 aromatic carbocycles. The van der Waals surface area contributed by atoms with Crippen molar-refractivity contribution in [3.8, 4) is 0 Å². The summed E-state index contributed by atoms with van der Waals surface area (Å²) in [6.07, 6.45) is 1.48. The second-order valence-electron chi connectivity index (χ2n) is 9.74. The Hall–Kier alpha value is -0.980. The summed E-state index contributed by atoms with van der Waals surface area (Å²) in [5.74, 6) is -1.90. The molecule has 26 heavy (non-hydrogen) atoms. The van der Waals surface area contributed by atoms with E-state index >= 15 is 0 Å². The summed E-state index contributed by atoms with van der Waals surface area (Å²) in [7, 11) is 0. The summed E-state index contributed by atoms with van der Waals surface area (Å²) in [5.41, 5.74) is -2.65. The van der Waals surface area contributed by atoms with Crippen LogP contribution in [-0.2, 0) is 9.59 Å². The van der Waals surface area contributed by atoms with E-state index in [0.29, 0.717) is 25.7 Å². The number of aliphatic hydroxyl groups excluding tert-OH is 3. The molecule has 0 aromatic heterocycles. The number of hydrogen-bond acceptors (Lipinski definition) is 5. The van der Waals surface area contributed by atoms with Gasteiger partial charge in [0.25, 0.3) is 0 Å². The molecule has 0 radical (unpaired) electrons. The molecule has 146 valence electrons. The van der Waals surface area contributed by atoms with Crippen molar-refractivity contribution in [1.82, 2.24) is 0 Å². The molecule has 0 heterocycles. The highest BCUT2D eigenvalue weighted by Gasteiger charge is 2.73. The highest BCUT2D eigenvalue weighted by molar-refractivity contribution is 5.91. The lowest BCUT2D eigenvalue weighted by Crippen LogP contribution is -2.68. The van der Waals surface area contributed by atoms with Crippen molar-refractivity contribution in [2.45, 2.75) is 64.6 Å². The monoisotopic (exact) mass is 366 g/mol. The standard InChI is InChI=1S/C20H30O6/c1-18(17(25)26)6-5-14(22)19(2)12-4-3-10-8-20(12,15(23)7-13(18)19)16(24)11(10)9-21/h10-15,21-23H,3-9H2,1-2H3,(H,25,26)/t10-,11-,12?,13?,14+,15+,18-,19+,20-/m1/s1. The quantitative estimate of drug-likeness (QED) is 0.584. The van der Waals surface area contributed by atoms with Gasteiger partial charge in [0.15, 0.2) is 0 Å². The van der Waals surface area contributed by atoms with Crippen molar-refractivity contribution >= 4 is 11.8 Å². The SMILES string of the molecule is C[C@@]12C(C[C@H](O)[C@@]34C[C@@H](CCC13)[C@@H](CO)C4=O)[C@](C)(C(=O)O)CC[C@@H]2O. The maximum atomic E-state index is 13.3. The third-order valence-corrected chi connectivity index (χ3v) is 9.08. The van der Waals surface area contributed by atoms with Gasteiger partial charge in [-0.2, -0.15) is 0 Å². The molecule has 1 spiro atoms. The van der Waals surface area contributed by atoms with Crippen LogP contribution in [0.4, 0.5) is 0 Å². The first-order chi connectivity index (χ1) is 12.1. The molecule has 4 saturated carbocycles. The van der Waals surface area contributed by atoms with Crippen molar-refractivity contribution in [1.29, 1.82) is 0 Å². The number of fused-ring (bicyclic) bond motifs is 3. The number of carbonyl (C=O) groups is 2. The molecule has 0 aromatic rings. The Labute approximate surface area is 153 Å². The fourth-order valence-electron chi connectivity index (χ4n) is 7.64. The third-order valence-electron chi connectivity index (χ3n) is 9.08. The topological polar surface area (TPSA) is 115 Å². The van der Waals surface area contributed by atoms with Gasteiger partial charge in [0.1, 0.15) is 5.78 Å². The molecule has 9 atom stereocenters. The Bertz CT molecular complexity index is 648. The van der Waals surface area contributed by atoms with Gasteiger partial charge >= 0.3 is 5.97 Å². The lowest BCUT2D eigenvalue weighted by molar-refractivity contribution is -0.234. The molecule has 0 amide bonds. The van der Waals surface area contributed by atoms with Crippen LogP contribution in [-0.4, -0.2) is 51.0 Å². The van der Waals surface area contributed by atoms with Gasteiger partial charge in [0.2, 0.25) is 0 Å². The molecule has 2 unspecified atom stereocenters. The molecule has 4 fully saturated rings. The van der Waals surface area contributed by atoms with E-state index in [1.807, 2.05) is 6.92 Å². The van der Waals surface area contributed by atoms with Gasteiger partial charge in [0, 0.05) is 11.3 Å². The van der Waals surface area contributed by atoms with Crippen LogP contribution < -0.4 is 0 Å². The Morgan fingerprint density at radius 1 is 1.12 bits per heavy atom. The van der Waals surface area contributed by atoms with Crippen molar-refractivity contribution in [3.05, 3.63) is 0 Å². The lowest BCUT2D eigenvalue weighted by atomic mass is 9.39. The molecular weight excluding hydrogens is 336 g/mol. The normalized spacial score (nSPS) is 56.0. The number of aliphatic carboxylic acids is 1. The predicted octanol–water partition coefficient (Wildman–Crippen LogP) is 1.21. The average molecular weight is 366 g/mol. The zero-order valence-corrected chi connectivity index (χ0v) is 15.5. The predicted molar refractivity (Wildman–Crippen MR) is 92.1 cm³/mol. The number of carboxylic acid groups (broad SMARTS) is 1. The Kier molecular flexibility index (Phi) is 3.90. The van der Waals surface area contributed by atoms with Crippen LogP contribution in [0.3, 0.4) is 0 Å². The van der Waals surface area contributed by atoms with E-state index in [0.717, 1.165) is 6.42 Å². The number of hydrogen-bond donors (Lipinski definition) is 4.